The summed E-state index contributed by atoms with van der Waals surface area (Å²) in [6.07, 6.45) is 2.21. The molecule has 1 aliphatic rings. The van der Waals surface area contributed by atoms with Crippen LogP contribution in [0.3, 0.4) is 0 Å². The summed E-state index contributed by atoms with van der Waals surface area (Å²) in [6, 6.07) is 5.31. The Hall–Kier alpha value is -1.27. The van der Waals surface area contributed by atoms with Crippen molar-refractivity contribution < 1.29 is 8.42 Å². The SMILES string of the molecule is CCNS(=O)(=O)c1ccc(N)c(N2CCC(C)CC2C)c1. The molecule has 1 fully saturated rings. The van der Waals surface area contributed by atoms with E-state index in [2.05, 4.69) is 23.5 Å². The van der Waals surface area contributed by atoms with Crippen LogP contribution in [0.25, 0.3) is 0 Å². The molecule has 0 bridgehead atoms. The molecule has 5 nitrogen and oxygen atoms in total. The van der Waals surface area contributed by atoms with E-state index >= 15 is 0 Å². The van der Waals surface area contributed by atoms with Gasteiger partial charge in [0.05, 0.1) is 16.3 Å². The summed E-state index contributed by atoms with van der Waals surface area (Å²) in [6.45, 7) is 7.48. The standard InChI is InChI=1S/C15H25N3O2S/c1-4-17-21(19,20)13-5-6-14(16)15(10-13)18-8-7-11(2)9-12(18)3/h5-6,10-12,17H,4,7-9,16H2,1-3H3. The Morgan fingerprint density at radius 3 is 2.71 bits per heavy atom. The van der Waals surface area contributed by atoms with Crippen molar-refractivity contribution in [3.8, 4) is 0 Å². The molecule has 1 aromatic carbocycles. The summed E-state index contributed by atoms with van der Waals surface area (Å²) in [7, 11) is -3.45. The van der Waals surface area contributed by atoms with E-state index in [1.54, 1.807) is 25.1 Å². The van der Waals surface area contributed by atoms with Gasteiger partial charge in [0.1, 0.15) is 0 Å². The van der Waals surface area contributed by atoms with E-state index in [0.717, 1.165) is 25.1 Å². The average molecular weight is 311 g/mol. The van der Waals surface area contributed by atoms with Crippen molar-refractivity contribution in [3.63, 3.8) is 0 Å². The number of benzene rings is 1. The van der Waals surface area contributed by atoms with Crippen LogP contribution in [0.5, 0.6) is 0 Å². The highest BCUT2D eigenvalue weighted by Gasteiger charge is 2.25. The highest BCUT2D eigenvalue weighted by Crippen LogP contribution is 2.33. The molecule has 118 valence electrons. The molecule has 2 unspecified atom stereocenters. The van der Waals surface area contributed by atoms with Crippen LogP contribution < -0.4 is 15.4 Å². The average Bonchev–Trinajstić information content (AvgIpc) is 2.39. The van der Waals surface area contributed by atoms with Crippen LogP contribution in [0.1, 0.15) is 33.6 Å². The fourth-order valence-corrected chi connectivity index (χ4v) is 4.04. The molecule has 21 heavy (non-hydrogen) atoms. The lowest BCUT2D eigenvalue weighted by Gasteiger charge is -2.39. The Morgan fingerprint density at radius 2 is 2.10 bits per heavy atom. The Labute approximate surface area is 127 Å². The normalized spacial score (nSPS) is 23.3. The zero-order valence-electron chi connectivity index (χ0n) is 13.0. The first-order valence-electron chi connectivity index (χ1n) is 7.51. The molecule has 0 radical (unpaired) electrons. The molecule has 0 spiro atoms. The first kappa shape index (κ1) is 16.1. The van der Waals surface area contributed by atoms with Gasteiger partial charge < -0.3 is 10.6 Å². The first-order valence-corrected chi connectivity index (χ1v) is 8.99. The number of sulfonamides is 1. The fourth-order valence-electron chi connectivity index (χ4n) is 2.98. The van der Waals surface area contributed by atoms with E-state index in [9.17, 15) is 8.42 Å². The van der Waals surface area contributed by atoms with Gasteiger partial charge in [-0.25, -0.2) is 13.1 Å². The Kier molecular flexibility index (Phi) is 4.78. The molecule has 1 aliphatic heterocycles. The van der Waals surface area contributed by atoms with Gasteiger partial charge in [-0.2, -0.15) is 0 Å². The second-order valence-corrected chi connectivity index (χ2v) is 7.66. The number of hydrogen-bond donors (Lipinski definition) is 2. The Balaban J connectivity index is 2.36. The minimum absolute atomic E-state index is 0.277. The maximum atomic E-state index is 12.1. The minimum Gasteiger partial charge on any atom is -0.397 e. The van der Waals surface area contributed by atoms with Gasteiger partial charge >= 0.3 is 0 Å². The molecule has 3 N–H and O–H groups in total. The van der Waals surface area contributed by atoms with Gasteiger partial charge in [-0.1, -0.05) is 13.8 Å². The van der Waals surface area contributed by atoms with E-state index in [-0.39, 0.29) is 4.90 Å². The molecule has 0 aromatic heterocycles. The number of piperidine rings is 1. The summed E-state index contributed by atoms with van der Waals surface area (Å²) < 4.78 is 26.8. The van der Waals surface area contributed by atoms with E-state index in [1.807, 2.05) is 0 Å². The van der Waals surface area contributed by atoms with Crippen LogP contribution in [0.2, 0.25) is 0 Å². The van der Waals surface area contributed by atoms with Crippen LogP contribution in [-0.2, 0) is 10.0 Å². The first-order chi connectivity index (χ1) is 9.85. The van der Waals surface area contributed by atoms with Gasteiger partial charge in [0.25, 0.3) is 0 Å². The zero-order chi connectivity index (χ0) is 15.6. The molecule has 2 atom stereocenters. The van der Waals surface area contributed by atoms with Crippen LogP contribution >= 0.6 is 0 Å². The van der Waals surface area contributed by atoms with Crippen LogP contribution in [0.15, 0.2) is 23.1 Å². The summed E-state index contributed by atoms with van der Waals surface area (Å²) in [5.74, 6) is 0.700. The van der Waals surface area contributed by atoms with Crippen molar-refractivity contribution in [2.45, 2.75) is 44.6 Å². The van der Waals surface area contributed by atoms with Crippen LogP contribution in [0, 0.1) is 5.92 Å². The number of nitrogen functional groups attached to an aromatic ring is 1. The van der Waals surface area contributed by atoms with Gasteiger partial charge in [-0.05, 0) is 43.9 Å². The number of anilines is 2. The third-order valence-electron chi connectivity index (χ3n) is 4.09. The molecule has 1 aromatic rings. The maximum Gasteiger partial charge on any atom is 0.240 e. The number of nitrogens with two attached hydrogens (primary N) is 1. The van der Waals surface area contributed by atoms with Crippen molar-refractivity contribution >= 4 is 21.4 Å². The van der Waals surface area contributed by atoms with Gasteiger partial charge in [0.15, 0.2) is 0 Å². The van der Waals surface area contributed by atoms with Crippen molar-refractivity contribution in [1.29, 1.82) is 0 Å². The molecular weight excluding hydrogens is 286 g/mol. The predicted molar refractivity (Wildman–Crippen MR) is 86.9 cm³/mol. The summed E-state index contributed by atoms with van der Waals surface area (Å²) >= 11 is 0. The monoisotopic (exact) mass is 311 g/mol. The lowest BCUT2D eigenvalue weighted by molar-refractivity contribution is 0.378. The summed E-state index contributed by atoms with van der Waals surface area (Å²) in [4.78, 5) is 2.50. The summed E-state index contributed by atoms with van der Waals surface area (Å²) in [5.41, 5.74) is 7.54. The third kappa shape index (κ3) is 3.49. The number of hydrogen-bond acceptors (Lipinski definition) is 4. The van der Waals surface area contributed by atoms with Crippen molar-refractivity contribution in [1.82, 2.24) is 4.72 Å². The number of nitrogens with one attached hydrogen (secondary N) is 1. The quantitative estimate of drug-likeness (QED) is 0.836. The predicted octanol–water partition coefficient (Wildman–Crippen LogP) is 2.19. The lowest BCUT2D eigenvalue weighted by Crippen LogP contribution is -2.40. The van der Waals surface area contributed by atoms with Crippen molar-refractivity contribution in [3.05, 3.63) is 18.2 Å². The van der Waals surface area contributed by atoms with E-state index < -0.39 is 10.0 Å². The number of rotatable bonds is 4. The van der Waals surface area contributed by atoms with Crippen molar-refractivity contribution in [2.24, 2.45) is 5.92 Å². The van der Waals surface area contributed by atoms with E-state index in [1.165, 1.54) is 0 Å². The lowest BCUT2D eigenvalue weighted by atomic mass is 9.93. The Morgan fingerprint density at radius 1 is 1.38 bits per heavy atom. The van der Waals surface area contributed by atoms with Crippen LogP contribution in [0.4, 0.5) is 11.4 Å². The smallest absolute Gasteiger partial charge is 0.240 e. The Bertz CT molecular complexity index is 601. The zero-order valence-corrected chi connectivity index (χ0v) is 13.8. The fraction of sp³-hybridized carbons (Fsp3) is 0.600. The second kappa shape index (κ2) is 6.23. The molecular formula is C15H25N3O2S. The molecule has 2 rings (SSSR count). The third-order valence-corrected chi connectivity index (χ3v) is 5.64. The van der Waals surface area contributed by atoms with Gasteiger partial charge in [-0.3, -0.25) is 0 Å². The molecule has 1 saturated heterocycles. The molecule has 0 aliphatic carbocycles. The molecule has 6 heteroatoms. The maximum absolute atomic E-state index is 12.1. The minimum atomic E-state index is -3.45. The number of nitrogens with zero attached hydrogens (tertiary/aromatic N) is 1. The molecule has 1 heterocycles. The highest BCUT2D eigenvalue weighted by molar-refractivity contribution is 7.89. The van der Waals surface area contributed by atoms with Crippen molar-refractivity contribution in [2.75, 3.05) is 23.7 Å². The summed E-state index contributed by atoms with van der Waals surface area (Å²) in [5, 5.41) is 0. The van der Waals surface area contributed by atoms with Gasteiger partial charge in [-0.15, -0.1) is 0 Å². The van der Waals surface area contributed by atoms with Gasteiger partial charge in [0.2, 0.25) is 10.0 Å². The molecule has 0 amide bonds. The largest absolute Gasteiger partial charge is 0.397 e. The second-order valence-electron chi connectivity index (χ2n) is 5.89. The molecule has 0 saturated carbocycles. The van der Waals surface area contributed by atoms with Crippen LogP contribution in [-0.4, -0.2) is 27.5 Å². The van der Waals surface area contributed by atoms with Gasteiger partial charge in [0, 0.05) is 19.1 Å². The highest BCUT2D eigenvalue weighted by atomic mass is 32.2. The van der Waals surface area contributed by atoms with E-state index in [4.69, 9.17) is 5.73 Å². The van der Waals surface area contributed by atoms with E-state index in [0.29, 0.717) is 24.2 Å². The topological polar surface area (TPSA) is 75.4 Å².